The molecule has 0 amide bonds. The van der Waals surface area contributed by atoms with Gasteiger partial charge in [0.1, 0.15) is 29.4 Å². The van der Waals surface area contributed by atoms with Crippen LogP contribution in [0.1, 0.15) is 69.9 Å². The molecule has 1 heterocycles. The van der Waals surface area contributed by atoms with Crippen LogP contribution in [0.15, 0.2) is 66.7 Å². The molecule has 3 aromatic rings. The average molecular weight is 492 g/mol. The summed E-state index contributed by atoms with van der Waals surface area (Å²) in [5, 5.41) is 3.54. The van der Waals surface area contributed by atoms with Gasteiger partial charge in [0.15, 0.2) is 0 Å². The molecule has 5 heteroatoms. The number of fused-ring (bicyclic) bond motifs is 1. The van der Waals surface area contributed by atoms with Crippen molar-refractivity contribution in [3.8, 4) is 5.75 Å². The molecule has 0 aliphatic carbocycles. The molecule has 2 unspecified atom stereocenters. The van der Waals surface area contributed by atoms with Gasteiger partial charge in [-0.25, -0.2) is 4.39 Å². The summed E-state index contributed by atoms with van der Waals surface area (Å²) in [5.41, 5.74) is 4.96. The topological polar surface area (TPSA) is 39.7 Å². The fourth-order valence-corrected chi connectivity index (χ4v) is 4.58. The summed E-state index contributed by atoms with van der Waals surface area (Å²) in [6, 6.07) is 21.3. The minimum atomic E-state index is -0.601. The van der Waals surface area contributed by atoms with E-state index in [4.69, 9.17) is 14.2 Å². The third-order valence-electron chi connectivity index (χ3n) is 6.66. The van der Waals surface area contributed by atoms with Gasteiger partial charge in [-0.15, -0.1) is 0 Å². The molecule has 0 fully saturated rings. The maximum absolute atomic E-state index is 13.3. The van der Waals surface area contributed by atoms with Crippen molar-refractivity contribution < 1.29 is 18.6 Å². The Morgan fingerprint density at radius 3 is 2.22 bits per heavy atom. The number of halogens is 1. The van der Waals surface area contributed by atoms with Crippen molar-refractivity contribution in [3.05, 3.63) is 94.8 Å². The Hall–Kier alpha value is -2.89. The first kappa shape index (κ1) is 26.2. The molecule has 0 saturated carbocycles. The normalized spacial score (nSPS) is 18.9. The van der Waals surface area contributed by atoms with E-state index in [1.54, 1.807) is 12.1 Å². The molecule has 192 valence electrons. The number of nitrogens with one attached hydrogen (secondary N) is 1. The second-order valence-electron chi connectivity index (χ2n) is 11.0. The molecule has 0 saturated heterocycles. The Morgan fingerprint density at radius 2 is 1.58 bits per heavy atom. The third kappa shape index (κ3) is 6.08. The number of anilines is 1. The lowest BCUT2D eigenvalue weighted by molar-refractivity contribution is -0.165. The van der Waals surface area contributed by atoms with E-state index in [0.717, 1.165) is 29.1 Å². The second-order valence-corrected chi connectivity index (χ2v) is 11.0. The van der Waals surface area contributed by atoms with Crippen LogP contribution in [-0.4, -0.2) is 18.3 Å². The summed E-state index contributed by atoms with van der Waals surface area (Å²) in [7, 11) is 0. The first-order valence-electron chi connectivity index (χ1n) is 12.7. The van der Waals surface area contributed by atoms with Crippen molar-refractivity contribution in [2.24, 2.45) is 0 Å². The average Bonchev–Trinajstić information content (AvgIpc) is 2.83. The van der Waals surface area contributed by atoms with Crippen LogP contribution in [0.5, 0.6) is 5.75 Å². The van der Waals surface area contributed by atoms with Gasteiger partial charge in [-0.2, -0.15) is 0 Å². The van der Waals surface area contributed by atoms with Crippen LogP contribution in [0.2, 0.25) is 0 Å². The number of hydrogen-bond acceptors (Lipinski definition) is 4. The van der Waals surface area contributed by atoms with Crippen molar-refractivity contribution in [2.45, 2.75) is 77.9 Å². The van der Waals surface area contributed by atoms with Crippen LogP contribution in [-0.2, 0) is 28.0 Å². The highest BCUT2D eigenvalue weighted by molar-refractivity contribution is 5.54. The Bertz CT molecular complexity index is 1150. The second kappa shape index (κ2) is 10.6. The molecule has 2 atom stereocenters. The SMILES string of the molecule is CCOC1c2cc(NCc3ccc(C(C)(C)C)cc3)ccc2OC(C)(C)C1OCc1ccc(F)cc1. The van der Waals surface area contributed by atoms with Gasteiger partial charge in [0.2, 0.25) is 0 Å². The molecule has 36 heavy (non-hydrogen) atoms. The molecule has 0 aromatic heterocycles. The van der Waals surface area contributed by atoms with E-state index in [-0.39, 0.29) is 23.4 Å². The molecule has 0 spiro atoms. The molecule has 4 nitrogen and oxygen atoms in total. The number of ether oxygens (including phenoxy) is 3. The van der Waals surface area contributed by atoms with Gasteiger partial charge in [0, 0.05) is 24.4 Å². The van der Waals surface area contributed by atoms with E-state index in [2.05, 4.69) is 56.4 Å². The van der Waals surface area contributed by atoms with E-state index in [1.165, 1.54) is 23.3 Å². The van der Waals surface area contributed by atoms with Crippen molar-refractivity contribution >= 4 is 5.69 Å². The monoisotopic (exact) mass is 491 g/mol. The minimum absolute atomic E-state index is 0.141. The summed E-state index contributed by atoms with van der Waals surface area (Å²) >= 11 is 0. The molecule has 4 rings (SSSR count). The Kier molecular flexibility index (Phi) is 7.72. The van der Waals surface area contributed by atoms with Gasteiger partial charge in [-0.05, 0) is 73.2 Å². The number of hydrogen-bond donors (Lipinski definition) is 1. The highest BCUT2D eigenvalue weighted by atomic mass is 19.1. The Balaban J connectivity index is 1.52. The van der Waals surface area contributed by atoms with Crippen LogP contribution in [0, 0.1) is 5.82 Å². The molecular weight excluding hydrogens is 453 g/mol. The van der Waals surface area contributed by atoms with E-state index < -0.39 is 5.60 Å². The lowest BCUT2D eigenvalue weighted by Crippen LogP contribution is -2.51. The maximum atomic E-state index is 13.3. The van der Waals surface area contributed by atoms with Crippen molar-refractivity contribution in [2.75, 3.05) is 11.9 Å². The molecule has 1 N–H and O–H groups in total. The zero-order chi connectivity index (χ0) is 25.9. The lowest BCUT2D eigenvalue weighted by Gasteiger charge is -2.44. The van der Waals surface area contributed by atoms with E-state index in [1.807, 2.05) is 32.9 Å². The largest absolute Gasteiger partial charge is 0.485 e. The number of benzene rings is 3. The van der Waals surface area contributed by atoms with Gasteiger partial charge >= 0.3 is 0 Å². The summed E-state index contributed by atoms with van der Waals surface area (Å²) < 4.78 is 32.3. The standard InChI is InChI=1S/C31H38FNO3/c1-7-34-28-26-18-25(33-19-21-8-12-23(13-9-21)30(2,3)4)16-17-27(26)36-31(5,6)29(28)35-20-22-10-14-24(32)15-11-22/h8-18,28-29,33H,7,19-20H2,1-6H3. The zero-order valence-electron chi connectivity index (χ0n) is 22.2. The van der Waals surface area contributed by atoms with Gasteiger partial charge in [0.05, 0.1) is 6.61 Å². The van der Waals surface area contributed by atoms with Gasteiger partial charge in [-0.1, -0.05) is 57.2 Å². The molecular formula is C31H38FNO3. The first-order chi connectivity index (χ1) is 17.1. The molecule has 0 radical (unpaired) electrons. The molecule has 0 bridgehead atoms. The highest BCUT2D eigenvalue weighted by Gasteiger charge is 2.45. The highest BCUT2D eigenvalue weighted by Crippen LogP contribution is 2.44. The fraction of sp³-hybridized carbons (Fsp3) is 0.419. The minimum Gasteiger partial charge on any atom is -0.485 e. The Morgan fingerprint density at radius 1 is 0.917 bits per heavy atom. The quantitative estimate of drug-likeness (QED) is 0.353. The van der Waals surface area contributed by atoms with Crippen LogP contribution < -0.4 is 10.1 Å². The molecule has 1 aliphatic rings. The van der Waals surface area contributed by atoms with Crippen molar-refractivity contribution in [3.63, 3.8) is 0 Å². The van der Waals surface area contributed by atoms with Crippen molar-refractivity contribution in [1.82, 2.24) is 0 Å². The van der Waals surface area contributed by atoms with Gasteiger partial charge in [-0.3, -0.25) is 0 Å². The summed E-state index contributed by atoms with van der Waals surface area (Å²) in [6.45, 7) is 14.3. The van der Waals surface area contributed by atoms with E-state index in [9.17, 15) is 4.39 Å². The summed E-state index contributed by atoms with van der Waals surface area (Å²) in [5.74, 6) is 0.548. The van der Waals surface area contributed by atoms with Crippen LogP contribution >= 0.6 is 0 Å². The van der Waals surface area contributed by atoms with Gasteiger partial charge < -0.3 is 19.5 Å². The summed E-state index contributed by atoms with van der Waals surface area (Å²) in [6.07, 6.45) is -0.628. The molecule has 1 aliphatic heterocycles. The Labute approximate surface area is 214 Å². The third-order valence-corrected chi connectivity index (χ3v) is 6.66. The predicted molar refractivity (Wildman–Crippen MR) is 143 cm³/mol. The first-order valence-corrected chi connectivity index (χ1v) is 12.7. The fourth-order valence-electron chi connectivity index (χ4n) is 4.58. The predicted octanol–water partition coefficient (Wildman–Crippen LogP) is 7.57. The number of rotatable bonds is 8. The van der Waals surface area contributed by atoms with Crippen LogP contribution in [0.3, 0.4) is 0 Å². The summed E-state index contributed by atoms with van der Waals surface area (Å²) in [4.78, 5) is 0. The zero-order valence-corrected chi connectivity index (χ0v) is 22.2. The molecule has 3 aromatic carbocycles. The van der Waals surface area contributed by atoms with E-state index in [0.29, 0.717) is 13.2 Å². The maximum Gasteiger partial charge on any atom is 0.132 e. The van der Waals surface area contributed by atoms with Crippen LogP contribution in [0.4, 0.5) is 10.1 Å². The van der Waals surface area contributed by atoms with E-state index >= 15 is 0 Å². The van der Waals surface area contributed by atoms with Crippen molar-refractivity contribution in [1.29, 1.82) is 0 Å². The lowest BCUT2D eigenvalue weighted by atomic mass is 9.87. The van der Waals surface area contributed by atoms with Gasteiger partial charge in [0.25, 0.3) is 0 Å². The smallest absolute Gasteiger partial charge is 0.132 e. The van der Waals surface area contributed by atoms with Crippen LogP contribution in [0.25, 0.3) is 0 Å².